The highest BCUT2D eigenvalue weighted by Crippen LogP contribution is 2.36. The number of hydrogen-bond donors (Lipinski definition) is 2. The van der Waals surface area contributed by atoms with E-state index in [2.05, 4.69) is 15.4 Å². The normalized spacial score (nSPS) is 18.5. The van der Waals surface area contributed by atoms with Crippen LogP contribution in [0.2, 0.25) is 0 Å². The van der Waals surface area contributed by atoms with Crippen molar-refractivity contribution < 1.29 is 18.7 Å². The van der Waals surface area contributed by atoms with Crippen molar-refractivity contribution in [3.8, 4) is 0 Å². The zero-order valence-corrected chi connectivity index (χ0v) is 17.9. The number of anilines is 2. The molecule has 0 radical (unpaired) electrons. The molecule has 2 aromatic heterocycles. The van der Waals surface area contributed by atoms with Crippen molar-refractivity contribution in [1.82, 2.24) is 19.5 Å². The number of nitrogens with zero attached hydrogens (tertiary/aromatic N) is 5. The van der Waals surface area contributed by atoms with Gasteiger partial charge in [-0.2, -0.15) is 4.52 Å². The lowest BCUT2D eigenvalue weighted by Crippen LogP contribution is -2.52. The summed E-state index contributed by atoms with van der Waals surface area (Å²) in [5.74, 6) is 0.220. The number of fused-ring (bicyclic) bond motifs is 1. The number of nitrogens with one attached hydrogen (secondary N) is 1. The number of aromatic nitrogens is 3. The van der Waals surface area contributed by atoms with E-state index in [1.54, 1.807) is 17.0 Å². The Hall–Kier alpha value is -2.98. The van der Waals surface area contributed by atoms with Crippen LogP contribution in [-0.4, -0.2) is 56.9 Å². The lowest BCUT2D eigenvalue weighted by molar-refractivity contribution is 0.0838. The standard InChI is InChI=1S/C21H22F2N6O2.ClH/c22-14-3-4-16(23)15(8-14)17-2-1-7-28(17)19-6-5-18-24-9-20(29(18)26-19)25-21(31)27-10-13(11-27)12-30;/h3-6,8-9,13,17,30H,1-2,7,10-12H2,(H,25,31);1H. The molecule has 170 valence electrons. The lowest BCUT2D eigenvalue weighted by Gasteiger charge is -2.37. The Labute approximate surface area is 189 Å². The Bertz CT molecular complexity index is 1140. The van der Waals surface area contributed by atoms with E-state index in [0.29, 0.717) is 48.9 Å². The first-order chi connectivity index (χ1) is 15.0. The summed E-state index contributed by atoms with van der Waals surface area (Å²) in [6.07, 6.45) is 3.05. The number of hydrogen-bond acceptors (Lipinski definition) is 5. The molecule has 0 bridgehead atoms. The van der Waals surface area contributed by atoms with Crippen LogP contribution >= 0.6 is 12.4 Å². The van der Waals surface area contributed by atoms with Gasteiger partial charge in [-0.3, -0.25) is 5.32 Å². The second-order valence-electron chi connectivity index (χ2n) is 8.01. The van der Waals surface area contributed by atoms with Crippen molar-refractivity contribution in [2.45, 2.75) is 18.9 Å². The molecule has 1 unspecified atom stereocenters. The summed E-state index contributed by atoms with van der Waals surface area (Å²) in [6.45, 7) is 1.73. The molecule has 8 nitrogen and oxygen atoms in total. The quantitative estimate of drug-likeness (QED) is 0.619. The fourth-order valence-corrected chi connectivity index (χ4v) is 4.28. The van der Waals surface area contributed by atoms with Crippen LogP contribution in [-0.2, 0) is 0 Å². The smallest absolute Gasteiger partial charge is 0.323 e. The molecule has 1 aromatic carbocycles. The molecule has 1 atom stereocenters. The van der Waals surface area contributed by atoms with E-state index >= 15 is 0 Å². The average molecular weight is 465 g/mol. The van der Waals surface area contributed by atoms with Crippen LogP contribution in [0.3, 0.4) is 0 Å². The number of aliphatic hydroxyl groups is 1. The highest BCUT2D eigenvalue weighted by molar-refractivity contribution is 5.89. The van der Waals surface area contributed by atoms with Gasteiger partial charge in [0.2, 0.25) is 0 Å². The van der Waals surface area contributed by atoms with Gasteiger partial charge in [-0.1, -0.05) is 0 Å². The first kappa shape index (κ1) is 22.2. The Morgan fingerprint density at radius 3 is 2.81 bits per heavy atom. The van der Waals surface area contributed by atoms with Crippen molar-refractivity contribution in [3.63, 3.8) is 0 Å². The number of imidazole rings is 1. The molecule has 2 amide bonds. The van der Waals surface area contributed by atoms with Crippen LogP contribution in [0, 0.1) is 17.6 Å². The van der Waals surface area contributed by atoms with Crippen LogP contribution in [0.15, 0.2) is 36.5 Å². The minimum Gasteiger partial charge on any atom is -0.396 e. The van der Waals surface area contributed by atoms with Gasteiger partial charge in [0.05, 0.1) is 12.2 Å². The molecule has 0 aliphatic carbocycles. The Kier molecular flexibility index (Phi) is 6.16. The maximum absolute atomic E-state index is 14.4. The van der Waals surface area contributed by atoms with E-state index in [0.717, 1.165) is 18.6 Å². The summed E-state index contributed by atoms with van der Waals surface area (Å²) in [6, 6.07) is 6.48. The van der Waals surface area contributed by atoms with Gasteiger partial charge < -0.3 is 14.9 Å². The summed E-state index contributed by atoms with van der Waals surface area (Å²) >= 11 is 0. The summed E-state index contributed by atoms with van der Waals surface area (Å²) < 4.78 is 29.7. The molecule has 32 heavy (non-hydrogen) atoms. The molecular formula is C21H23ClF2N6O2. The van der Waals surface area contributed by atoms with E-state index in [1.807, 2.05) is 4.90 Å². The van der Waals surface area contributed by atoms with Crippen molar-refractivity contribution in [2.24, 2.45) is 5.92 Å². The van der Waals surface area contributed by atoms with E-state index in [-0.39, 0.29) is 37.0 Å². The largest absolute Gasteiger partial charge is 0.396 e. The predicted molar refractivity (Wildman–Crippen MR) is 117 cm³/mol. The van der Waals surface area contributed by atoms with Gasteiger partial charge in [0.1, 0.15) is 17.5 Å². The van der Waals surface area contributed by atoms with Crippen LogP contribution in [0.4, 0.5) is 25.2 Å². The zero-order valence-electron chi connectivity index (χ0n) is 17.1. The number of likely N-dealkylation sites (tertiary alicyclic amines) is 1. The molecule has 2 aliphatic rings. The summed E-state index contributed by atoms with van der Waals surface area (Å²) in [5.41, 5.74) is 0.873. The molecule has 5 rings (SSSR count). The van der Waals surface area contributed by atoms with Crippen molar-refractivity contribution in [3.05, 3.63) is 53.7 Å². The summed E-state index contributed by atoms with van der Waals surface area (Å²) in [4.78, 5) is 20.3. The molecule has 11 heteroatoms. The van der Waals surface area contributed by atoms with E-state index < -0.39 is 11.6 Å². The molecule has 2 aliphatic heterocycles. The number of carbonyl (C=O) groups excluding carboxylic acids is 1. The maximum atomic E-state index is 14.4. The lowest BCUT2D eigenvalue weighted by atomic mass is 10.0. The van der Waals surface area contributed by atoms with Gasteiger partial charge in [-0.15, -0.1) is 17.5 Å². The van der Waals surface area contributed by atoms with E-state index in [4.69, 9.17) is 5.11 Å². The van der Waals surface area contributed by atoms with Gasteiger partial charge in [-0.25, -0.2) is 18.6 Å². The predicted octanol–water partition coefficient (Wildman–Crippen LogP) is 3.23. The van der Waals surface area contributed by atoms with Crippen molar-refractivity contribution in [2.75, 3.05) is 36.5 Å². The minimum absolute atomic E-state index is 0. The molecular weight excluding hydrogens is 442 g/mol. The van der Waals surface area contributed by atoms with Crippen molar-refractivity contribution >= 4 is 35.7 Å². The Morgan fingerprint density at radius 1 is 1.22 bits per heavy atom. The Morgan fingerprint density at radius 2 is 2.03 bits per heavy atom. The Balaban J connectivity index is 0.00000245. The van der Waals surface area contributed by atoms with Crippen LogP contribution in [0.25, 0.3) is 5.65 Å². The SMILES string of the molecule is Cl.O=C(Nc1cnc2ccc(N3CCCC3c3cc(F)ccc3F)nn12)N1CC(CO)C1. The van der Waals surface area contributed by atoms with Crippen LogP contribution in [0.1, 0.15) is 24.4 Å². The fourth-order valence-electron chi connectivity index (χ4n) is 4.28. The highest BCUT2D eigenvalue weighted by Gasteiger charge is 2.31. The molecule has 2 saturated heterocycles. The second kappa shape index (κ2) is 8.87. The summed E-state index contributed by atoms with van der Waals surface area (Å²) in [7, 11) is 0. The first-order valence-electron chi connectivity index (χ1n) is 10.3. The third kappa shape index (κ3) is 3.95. The summed E-state index contributed by atoms with van der Waals surface area (Å²) in [5, 5.41) is 16.5. The maximum Gasteiger partial charge on any atom is 0.323 e. The molecule has 2 N–H and O–H groups in total. The van der Waals surface area contributed by atoms with Gasteiger partial charge in [0.25, 0.3) is 0 Å². The fraction of sp³-hybridized carbons (Fsp3) is 0.381. The van der Waals surface area contributed by atoms with E-state index in [9.17, 15) is 13.6 Å². The van der Waals surface area contributed by atoms with Gasteiger partial charge in [0.15, 0.2) is 11.5 Å². The number of rotatable bonds is 4. The molecule has 0 spiro atoms. The monoisotopic (exact) mass is 464 g/mol. The topological polar surface area (TPSA) is 86.0 Å². The zero-order chi connectivity index (χ0) is 21.5. The number of halogens is 3. The molecule has 3 aromatic rings. The number of aliphatic hydroxyl groups excluding tert-OH is 1. The number of amides is 2. The van der Waals surface area contributed by atoms with Crippen molar-refractivity contribution in [1.29, 1.82) is 0 Å². The van der Waals surface area contributed by atoms with Crippen LogP contribution in [0.5, 0.6) is 0 Å². The molecule has 4 heterocycles. The first-order valence-corrected chi connectivity index (χ1v) is 10.3. The molecule has 2 fully saturated rings. The average Bonchev–Trinajstić information content (AvgIpc) is 3.36. The minimum atomic E-state index is -0.472. The van der Waals surface area contributed by atoms with Gasteiger partial charge in [-0.05, 0) is 43.2 Å². The van der Waals surface area contributed by atoms with Crippen LogP contribution < -0.4 is 10.2 Å². The number of carbonyl (C=O) groups is 1. The highest BCUT2D eigenvalue weighted by atomic mass is 35.5. The number of urea groups is 1. The third-order valence-corrected chi connectivity index (χ3v) is 5.95. The second-order valence-corrected chi connectivity index (χ2v) is 8.01. The van der Waals surface area contributed by atoms with Gasteiger partial charge in [0, 0.05) is 37.7 Å². The van der Waals surface area contributed by atoms with E-state index in [1.165, 1.54) is 16.8 Å². The molecule has 0 saturated carbocycles. The number of benzene rings is 1. The van der Waals surface area contributed by atoms with Gasteiger partial charge >= 0.3 is 6.03 Å². The third-order valence-electron chi connectivity index (χ3n) is 5.95.